The van der Waals surface area contributed by atoms with Gasteiger partial charge in [0.1, 0.15) is 0 Å². The van der Waals surface area contributed by atoms with E-state index in [2.05, 4.69) is 104 Å². The van der Waals surface area contributed by atoms with Gasteiger partial charge < -0.3 is 0 Å². The Hall–Kier alpha value is -3.13. The lowest BCUT2D eigenvalue weighted by molar-refractivity contribution is 0.709. The van der Waals surface area contributed by atoms with Crippen molar-refractivity contribution in [1.29, 1.82) is 0 Å². The van der Waals surface area contributed by atoms with E-state index in [9.17, 15) is 0 Å². The van der Waals surface area contributed by atoms with Crippen molar-refractivity contribution >= 4 is 17.5 Å². The van der Waals surface area contributed by atoms with Crippen LogP contribution < -0.4 is 5.01 Å². The van der Waals surface area contributed by atoms with Gasteiger partial charge in [-0.15, -0.1) is 0 Å². The van der Waals surface area contributed by atoms with E-state index in [0.29, 0.717) is 0 Å². The predicted octanol–water partition coefficient (Wildman–Crippen LogP) is 6.32. The molecule has 1 aliphatic rings. The van der Waals surface area contributed by atoms with E-state index in [0.717, 1.165) is 17.8 Å². The molecule has 0 bridgehead atoms. The summed E-state index contributed by atoms with van der Waals surface area (Å²) < 4.78 is 0. The lowest BCUT2D eigenvalue weighted by Crippen LogP contribution is -2.18. The van der Waals surface area contributed by atoms with Crippen molar-refractivity contribution in [3.63, 3.8) is 0 Å². The van der Waals surface area contributed by atoms with Gasteiger partial charge in [-0.2, -0.15) is 5.10 Å². The number of aryl methyl sites for hydroxylation is 2. The van der Waals surface area contributed by atoms with Crippen molar-refractivity contribution < 1.29 is 0 Å². The Morgan fingerprint density at radius 3 is 2.07 bits per heavy atom. The topological polar surface area (TPSA) is 15.6 Å². The lowest BCUT2D eigenvalue weighted by atomic mass is 10.00. The standard InChI is InChI=1S/C25H24N2/c1-19-8-12-21(13-9-19)14-17-23-18-25(22-15-10-20(2)11-16-22)27(26-23)24-6-4-3-5-7-24/h3-17,25H,18H2,1-2H3. The molecule has 2 heteroatoms. The van der Waals surface area contributed by atoms with Crippen molar-refractivity contribution in [2.24, 2.45) is 5.10 Å². The number of para-hydroxylation sites is 1. The van der Waals surface area contributed by atoms with Crippen molar-refractivity contribution in [2.45, 2.75) is 26.3 Å². The average molecular weight is 352 g/mol. The largest absolute Gasteiger partial charge is 0.257 e. The minimum Gasteiger partial charge on any atom is -0.257 e. The Labute approximate surface area is 161 Å². The second-order valence-corrected chi connectivity index (χ2v) is 7.15. The number of rotatable bonds is 4. The summed E-state index contributed by atoms with van der Waals surface area (Å²) in [5.41, 5.74) is 7.29. The van der Waals surface area contributed by atoms with Gasteiger partial charge in [0.15, 0.2) is 0 Å². The SMILES string of the molecule is Cc1ccc(C=CC2=NN(c3ccccc3)C(c3ccc(C)cc3)C2)cc1. The van der Waals surface area contributed by atoms with Crippen LogP contribution >= 0.6 is 0 Å². The quantitative estimate of drug-likeness (QED) is 0.536. The van der Waals surface area contributed by atoms with Gasteiger partial charge in [0.25, 0.3) is 0 Å². The zero-order chi connectivity index (χ0) is 18.6. The third-order valence-electron chi connectivity index (χ3n) is 4.96. The van der Waals surface area contributed by atoms with E-state index in [1.807, 2.05) is 6.07 Å². The molecule has 0 aromatic heterocycles. The first-order valence-electron chi connectivity index (χ1n) is 9.42. The van der Waals surface area contributed by atoms with Gasteiger partial charge in [0.2, 0.25) is 0 Å². The molecule has 1 aliphatic heterocycles. The highest BCUT2D eigenvalue weighted by Crippen LogP contribution is 2.35. The smallest absolute Gasteiger partial charge is 0.0831 e. The molecule has 0 saturated heterocycles. The maximum absolute atomic E-state index is 4.93. The van der Waals surface area contributed by atoms with Crippen LogP contribution in [0.3, 0.4) is 0 Å². The zero-order valence-corrected chi connectivity index (χ0v) is 15.8. The lowest BCUT2D eigenvalue weighted by Gasteiger charge is -2.24. The number of benzene rings is 3. The number of hydrogen-bond donors (Lipinski definition) is 0. The van der Waals surface area contributed by atoms with E-state index in [4.69, 9.17) is 5.10 Å². The van der Waals surface area contributed by atoms with Crippen molar-refractivity contribution in [3.05, 3.63) is 107 Å². The van der Waals surface area contributed by atoms with Gasteiger partial charge in [-0.25, -0.2) is 0 Å². The number of hydrogen-bond acceptors (Lipinski definition) is 2. The molecule has 1 heterocycles. The summed E-state index contributed by atoms with van der Waals surface area (Å²) in [6.07, 6.45) is 5.20. The highest BCUT2D eigenvalue weighted by Gasteiger charge is 2.27. The Kier molecular flexibility index (Phi) is 4.88. The normalized spacial score (nSPS) is 16.7. The van der Waals surface area contributed by atoms with Crippen LogP contribution in [0.4, 0.5) is 5.69 Å². The summed E-state index contributed by atoms with van der Waals surface area (Å²) in [5.74, 6) is 0. The molecule has 1 unspecified atom stereocenters. The van der Waals surface area contributed by atoms with Gasteiger partial charge in [0, 0.05) is 6.42 Å². The fraction of sp³-hybridized carbons (Fsp3) is 0.160. The first-order chi connectivity index (χ1) is 13.2. The number of allylic oxidation sites excluding steroid dienone is 1. The Morgan fingerprint density at radius 1 is 0.778 bits per heavy atom. The van der Waals surface area contributed by atoms with Crippen molar-refractivity contribution in [3.8, 4) is 0 Å². The second kappa shape index (κ2) is 7.63. The van der Waals surface area contributed by atoms with E-state index in [1.165, 1.54) is 22.3 Å². The Bertz CT molecular complexity index is 951. The van der Waals surface area contributed by atoms with Gasteiger partial charge in [-0.3, -0.25) is 5.01 Å². The van der Waals surface area contributed by atoms with Crippen LogP contribution in [-0.4, -0.2) is 5.71 Å². The molecule has 2 nitrogen and oxygen atoms in total. The van der Waals surface area contributed by atoms with E-state index in [-0.39, 0.29) is 6.04 Å². The highest BCUT2D eigenvalue weighted by molar-refractivity contribution is 6.01. The van der Waals surface area contributed by atoms with Crippen LogP contribution in [-0.2, 0) is 0 Å². The molecule has 0 fully saturated rings. The molecule has 3 aromatic carbocycles. The van der Waals surface area contributed by atoms with Crippen LogP contribution in [0.15, 0.2) is 90.0 Å². The molecule has 27 heavy (non-hydrogen) atoms. The van der Waals surface area contributed by atoms with Crippen LogP contribution in [0.5, 0.6) is 0 Å². The van der Waals surface area contributed by atoms with Crippen LogP contribution in [0.25, 0.3) is 6.08 Å². The summed E-state index contributed by atoms with van der Waals surface area (Å²) in [6, 6.07) is 28.0. The zero-order valence-electron chi connectivity index (χ0n) is 15.8. The highest BCUT2D eigenvalue weighted by atomic mass is 15.5. The molecular weight excluding hydrogens is 328 g/mol. The first kappa shape index (κ1) is 17.3. The molecule has 4 rings (SSSR count). The number of nitrogens with zero attached hydrogens (tertiary/aromatic N) is 2. The van der Waals surface area contributed by atoms with Crippen molar-refractivity contribution in [2.75, 3.05) is 5.01 Å². The second-order valence-electron chi connectivity index (χ2n) is 7.15. The third kappa shape index (κ3) is 4.01. The minimum atomic E-state index is 0.227. The molecule has 0 N–H and O–H groups in total. The monoisotopic (exact) mass is 352 g/mol. The Morgan fingerprint density at radius 2 is 1.41 bits per heavy atom. The summed E-state index contributed by atoms with van der Waals surface area (Å²) in [4.78, 5) is 0. The van der Waals surface area contributed by atoms with Gasteiger partial charge in [-0.1, -0.05) is 83.9 Å². The summed E-state index contributed by atoms with van der Waals surface area (Å²) in [5, 5.41) is 7.09. The maximum atomic E-state index is 4.93. The molecule has 0 amide bonds. The summed E-state index contributed by atoms with van der Waals surface area (Å²) >= 11 is 0. The molecule has 0 saturated carbocycles. The fourth-order valence-corrected chi connectivity index (χ4v) is 3.37. The molecule has 134 valence electrons. The van der Waals surface area contributed by atoms with Crippen LogP contribution in [0.1, 0.15) is 34.7 Å². The van der Waals surface area contributed by atoms with Gasteiger partial charge in [0.05, 0.1) is 17.4 Å². The predicted molar refractivity (Wildman–Crippen MR) is 115 cm³/mol. The molecule has 0 aliphatic carbocycles. The molecule has 0 radical (unpaired) electrons. The summed E-state index contributed by atoms with van der Waals surface area (Å²) in [6.45, 7) is 4.23. The first-order valence-corrected chi connectivity index (χ1v) is 9.42. The van der Waals surface area contributed by atoms with Gasteiger partial charge in [-0.05, 0) is 43.2 Å². The Balaban J connectivity index is 1.63. The van der Waals surface area contributed by atoms with E-state index in [1.54, 1.807) is 0 Å². The van der Waals surface area contributed by atoms with E-state index >= 15 is 0 Å². The minimum absolute atomic E-state index is 0.227. The van der Waals surface area contributed by atoms with E-state index < -0.39 is 0 Å². The van der Waals surface area contributed by atoms with Crippen LogP contribution in [0, 0.1) is 13.8 Å². The number of anilines is 1. The molecule has 1 atom stereocenters. The van der Waals surface area contributed by atoms with Crippen molar-refractivity contribution in [1.82, 2.24) is 0 Å². The van der Waals surface area contributed by atoms with Gasteiger partial charge >= 0.3 is 0 Å². The molecule has 3 aromatic rings. The number of hydrazone groups is 1. The van der Waals surface area contributed by atoms with Crippen LogP contribution in [0.2, 0.25) is 0 Å². The fourth-order valence-electron chi connectivity index (χ4n) is 3.37. The molecular formula is C25H24N2. The maximum Gasteiger partial charge on any atom is 0.0831 e. The summed E-state index contributed by atoms with van der Waals surface area (Å²) in [7, 11) is 0. The molecule has 0 spiro atoms. The average Bonchev–Trinajstić information content (AvgIpc) is 3.13. The third-order valence-corrected chi connectivity index (χ3v) is 4.96.